The van der Waals surface area contributed by atoms with E-state index < -0.39 is 0 Å². The number of rotatable bonds is 5. The van der Waals surface area contributed by atoms with Crippen molar-refractivity contribution in [3.63, 3.8) is 0 Å². The molecule has 0 bridgehead atoms. The number of nitrogens with one attached hydrogen (secondary N) is 1. The van der Waals surface area contributed by atoms with Crippen molar-refractivity contribution in [2.24, 2.45) is 0 Å². The Balaban J connectivity index is 1.97. The summed E-state index contributed by atoms with van der Waals surface area (Å²) in [6, 6.07) is 7.01. The first-order valence-electron chi connectivity index (χ1n) is 6.08. The van der Waals surface area contributed by atoms with Crippen molar-refractivity contribution < 1.29 is 14.3 Å². The van der Waals surface area contributed by atoms with Gasteiger partial charge in [0.2, 0.25) is 0 Å². The third kappa shape index (κ3) is 3.66. The summed E-state index contributed by atoms with van der Waals surface area (Å²) in [4.78, 5) is 16.0. The van der Waals surface area contributed by atoms with Crippen LogP contribution >= 0.6 is 0 Å². The van der Waals surface area contributed by atoms with E-state index in [1.165, 1.54) is 0 Å². The van der Waals surface area contributed by atoms with Gasteiger partial charge in [0.15, 0.2) is 0 Å². The Morgan fingerprint density at radius 2 is 2.26 bits per heavy atom. The molecule has 100 valence electrons. The highest BCUT2D eigenvalue weighted by atomic mass is 16.3. The minimum atomic E-state index is -0.185. The molecule has 5 nitrogen and oxygen atoms in total. The van der Waals surface area contributed by atoms with Crippen molar-refractivity contribution in [2.45, 2.75) is 19.9 Å². The summed E-state index contributed by atoms with van der Waals surface area (Å²) < 4.78 is 5.37. The van der Waals surface area contributed by atoms with Gasteiger partial charge in [0.25, 0.3) is 5.91 Å². The number of nitrogens with zero attached hydrogens (tertiary/aromatic N) is 1. The first-order chi connectivity index (χ1) is 9.19. The quantitative estimate of drug-likeness (QED) is 0.853. The number of amides is 1. The van der Waals surface area contributed by atoms with E-state index in [1.54, 1.807) is 18.3 Å². The summed E-state index contributed by atoms with van der Waals surface area (Å²) in [5, 5.41) is 11.6. The van der Waals surface area contributed by atoms with E-state index >= 15 is 0 Å². The van der Waals surface area contributed by atoms with Crippen LogP contribution in [0.25, 0.3) is 0 Å². The lowest BCUT2D eigenvalue weighted by atomic mass is 10.2. The van der Waals surface area contributed by atoms with Crippen LogP contribution in [0, 0.1) is 6.92 Å². The summed E-state index contributed by atoms with van der Waals surface area (Å²) in [5.74, 6) is 1.35. The first kappa shape index (κ1) is 13.3. The van der Waals surface area contributed by atoms with E-state index in [4.69, 9.17) is 9.52 Å². The van der Waals surface area contributed by atoms with E-state index in [-0.39, 0.29) is 12.5 Å². The van der Waals surface area contributed by atoms with Crippen LogP contribution in [-0.2, 0) is 13.0 Å². The summed E-state index contributed by atoms with van der Waals surface area (Å²) in [5.41, 5.74) is 1.23. The smallest absolute Gasteiger partial charge is 0.251 e. The molecule has 2 rings (SSSR count). The van der Waals surface area contributed by atoms with E-state index in [9.17, 15) is 4.79 Å². The van der Waals surface area contributed by atoms with Gasteiger partial charge in [-0.1, -0.05) is 0 Å². The van der Waals surface area contributed by atoms with Gasteiger partial charge in [0.05, 0.1) is 6.54 Å². The van der Waals surface area contributed by atoms with Crippen LogP contribution in [-0.4, -0.2) is 22.6 Å². The molecule has 0 aromatic carbocycles. The lowest BCUT2D eigenvalue weighted by Crippen LogP contribution is -2.22. The molecule has 0 aliphatic heterocycles. The Bertz CT molecular complexity index is 563. The maximum Gasteiger partial charge on any atom is 0.251 e. The lowest BCUT2D eigenvalue weighted by molar-refractivity contribution is 0.0947. The molecular formula is C14H16N2O3. The van der Waals surface area contributed by atoms with Gasteiger partial charge >= 0.3 is 0 Å². The highest BCUT2D eigenvalue weighted by molar-refractivity contribution is 5.94. The Kier molecular flexibility index (Phi) is 4.30. The zero-order valence-corrected chi connectivity index (χ0v) is 10.7. The number of aliphatic hydroxyl groups is 1. The second-order valence-electron chi connectivity index (χ2n) is 4.20. The predicted molar refractivity (Wildman–Crippen MR) is 69.6 cm³/mol. The monoisotopic (exact) mass is 260 g/mol. The zero-order valence-electron chi connectivity index (χ0n) is 10.7. The summed E-state index contributed by atoms with van der Waals surface area (Å²) in [7, 11) is 0. The highest BCUT2D eigenvalue weighted by Gasteiger charge is 2.07. The second-order valence-corrected chi connectivity index (χ2v) is 4.20. The number of aryl methyl sites for hydroxylation is 1. The van der Waals surface area contributed by atoms with Gasteiger partial charge in [-0.25, -0.2) is 0 Å². The van der Waals surface area contributed by atoms with Crippen molar-refractivity contribution in [1.29, 1.82) is 0 Å². The van der Waals surface area contributed by atoms with Crippen molar-refractivity contribution in [2.75, 3.05) is 6.61 Å². The molecule has 19 heavy (non-hydrogen) atoms. The van der Waals surface area contributed by atoms with Crippen molar-refractivity contribution in [3.05, 3.63) is 53.2 Å². The molecule has 2 N–H and O–H groups in total. The van der Waals surface area contributed by atoms with Crippen molar-refractivity contribution in [1.82, 2.24) is 10.3 Å². The number of carbonyl (C=O) groups excluding carboxylic acids is 1. The van der Waals surface area contributed by atoms with Crippen LogP contribution in [0.15, 0.2) is 34.9 Å². The molecule has 0 aliphatic carbocycles. The van der Waals surface area contributed by atoms with Crippen LogP contribution in [0.3, 0.4) is 0 Å². The molecule has 2 aromatic heterocycles. The number of pyridine rings is 1. The molecule has 5 heteroatoms. The number of furan rings is 1. The van der Waals surface area contributed by atoms with E-state index in [1.807, 2.05) is 19.1 Å². The standard InChI is InChI=1S/C14H16N2O3/c1-10-2-3-13(19-10)9-16-14(18)11-4-6-15-12(8-11)5-7-17/h2-4,6,8,17H,5,7,9H2,1H3,(H,16,18). The maximum absolute atomic E-state index is 11.9. The van der Waals surface area contributed by atoms with Crippen LogP contribution in [0.4, 0.5) is 0 Å². The van der Waals surface area contributed by atoms with Gasteiger partial charge in [-0.15, -0.1) is 0 Å². The third-order valence-electron chi connectivity index (χ3n) is 2.67. The van der Waals surface area contributed by atoms with Crippen LogP contribution in [0.2, 0.25) is 0 Å². The summed E-state index contributed by atoms with van der Waals surface area (Å²) >= 11 is 0. The zero-order chi connectivity index (χ0) is 13.7. The van der Waals surface area contributed by atoms with Gasteiger partial charge in [-0.2, -0.15) is 0 Å². The molecule has 1 amide bonds. The minimum absolute atomic E-state index is 0.0176. The largest absolute Gasteiger partial charge is 0.465 e. The lowest BCUT2D eigenvalue weighted by Gasteiger charge is -2.04. The fourth-order valence-corrected chi connectivity index (χ4v) is 1.72. The number of aliphatic hydroxyl groups excluding tert-OH is 1. The Labute approximate surface area is 111 Å². The SMILES string of the molecule is Cc1ccc(CNC(=O)c2ccnc(CCO)c2)o1. The fraction of sp³-hybridized carbons (Fsp3) is 0.286. The Morgan fingerprint density at radius 1 is 1.42 bits per heavy atom. The summed E-state index contributed by atoms with van der Waals surface area (Å²) in [6.45, 7) is 2.23. The predicted octanol–water partition coefficient (Wildman–Crippen LogP) is 1.45. The molecule has 0 aliphatic rings. The first-order valence-corrected chi connectivity index (χ1v) is 6.08. The molecule has 0 radical (unpaired) electrons. The van der Waals surface area contributed by atoms with E-state index in [0.29, 0.717) is 24.2 Å². The summed E-state index contributed by atoms with van der Waals surface area (Å²) in [6.07, 6.45) is 2.01. The van der Waals surface area contributed by atoms with Crippen LogP contribution < -0.4 is 5.32 Å². The van der Waals surface area contributed by atoms with Crippen molar-refractivity contribution in [3.8, 4) is 0 Å². The minimum Gasteiger partial charge on any atom is -0.465 e. The highest BCUT2D eigenvalue weighted by Crippen LogP contribution is 2.07. The molecule has 0 spiro atoms. The van der Waals surface area contributed by atoms with Gasteiger partial charge in [-0.05, 0) is 31.2 Å². The van der Waals surface area contributed by atoms with E-state index in [0.717, 1.165) is 11.5 Å². The van der Waals surface area contributed by atoms with E-state index in [2.05, 4.69) is 10.3 Å². The third-order valence-corrected chi connectivity index (χ3v) is 2.67. The second kappa shape index (κ2) is 6.15. The van der Waals surface area contributed by atoms with Gasteiger partial charge in [0, 0.05) is 30.5 Å². The molecule has 0 saturated heterocycles. The molecule has 0 fully saturated rings. The maximum atomic E-state index is 11.9. The molecule has 0 atom stereocenters. The van der Waals surface area contributed by atoms with Gasteiger partial charge in [0.1, 0.15) is 11.5 Å². The molecular weight excluding hydrogens is 244 g/mol. The van der Waals surface area contributed by atoms with Crippen molar-refractivity contribution >= 4 is 5.91 Å². The van der Waals surface area contributed by atoms with Gasteiger partial charge < -0.3 is 14.8 Å². The topological polar surface area (TPSA) is 75.4 Å². The number of hydrogen-bond donors (Lipinski definition) is 2. The van der Waals surface area contributed by atoms with Crippen LogP contribution in [0.5, 0.6) is 0 Å². The Hall–Kier alpha value is -2.14. The average Bonchev–Trinajstić information content (AvgIpc) is 2.82. The van der Waals surface area contributed by atoms with Gasteiger partial charge in [-0.3, -0.25) is 9.78 Å². The average molecular weight is 260 g/mol. The molecule has 0 unspecified atom stereocenters. The fourth-order valence-electron chi connectivity index (χ4n) is 1.72. The number of carbonyl (C=O) groups is 1. The number of hydrogen-bond acceptors (Lipinski definition) is 4. The van der Waals surface area contributed by atoms with Crippen LogP contribution in [0.1, 0.15) is 27.6 Å². The normalized spacial score (nSPS) is 10.4. The molecule has 2 aromatic rings. The Morgan fingerprint density at radius 3 is 2.95 bits per heavy atom. The number of aromatic nitrogens is 1. The molecule has 2 heterocycles. The molecule has 0 saturated carbocycles.